The van der Waals surface area contributed by atoms with Crippen LogP contribution in [0, 0.1) is 12.3 Å². The molecule has 90 valence electrons. The van der Waals surface area contributed by atoms with Crippen molar-refractivity contribution in [3.63, 3.8) is 0 Å². The smallest absolute Gasteiger partial charge is 0.297 e. The summed E-state index contributed by atoms with van der Waals surface area (Å²) < 4.78 is 0. The van der Waals surface area contributed by atoms with E-state index in [1.54, 1.807) is 6.92 Å². The van der Waals surface area contributed by atoms with Gasteiger partial charge in [-0.25, -0.2) is 4.79 Å². The van der Waals surface area contributed by atoms with Crippen LogP contribution in [-0.2, 0) is 14.6 Å². The van der Waals surface area contributed by atoms with Crippen LogP contribution in [0.4, 0.5) is 0 Å². The molecule has 0 saturated heterocycles. The standard InChI is InChI=1S/C13H20O3/c1-7-13(6,16-15-12(5)14)9-8-11(4)10(2)3/h1H,8-9H2,2-6H3. The first-order valence-corrected chi connectivity index (χ1v) is 5.27. The average molecular weight is 224 g/mol. The van der Waals surface area contributed by atoms with Crippen LogP contribution >= 0.6 is 0 Å². The molecule has 0 aromatic carbocycles. The second kappa shape index (κ2) is 6.34. The summed E-state index contributed by atoms with van der Waals surface area (Å²) in [4.78, 5) is 20.1. The van der Waals surface area contributed by atoms with Gasteiger partial charge in [0.05, 0.1) is 0 Å². The molecule has 3 heteroatoms. The molecule has 0 heterocycles. The van der Waals surface area contributed by atoms with E-state index in [1.165, 1.54) is 18.1 Å². The maximum absolute atomic E-state index is 10.6. The summed E-state index contributed by atoms with van der Waals surface area (Å²) in [5.74, 6) is 2.01. The van der Waals surface area contributed by atoms with Crippen LogP contribution < -0.4 is 0 Å². The predicted molar refractivity (Wildman–Crippen MR) is 63.4 cm³/mol. The summed E-state index contributed by atoms with van der Waals surface area (Å²) in [5, 5.41) is 0. The lowest BCUT2D eigenvalue weighted by Gasteiger charge is -2.21. The Bertz CT molecular complexity index is 319. The van der Waals surface area contributed by atoms with Gasteiger partial charge in [0.1, 0.15) is 0 Å². The molecular formula is C13H20O3. The molecule has 1 unspecified atom stereocenters. The number of carbonyl (C=O) groups excluding carboxylic acids is 1. The number of hydrogen-bond acceptors (Lipinski definition) is 3. The Kier molecular flexibility index (Phi) is 5.84. The van der Waals surface area contributed by atoms with Crippen LogP contribution in [0.1, 0.15) is 47.5 Å². The molecule has 0 aliphatic carbocycles. The highest BCUT2D eigenvalue weighted by Gasteiger charge is 2.25. The lowest BCUT2D eigenvalue weighted by Crippen LogP contribution is -2.27. The highest BCUT2D eigenvalue weighted by molar-refractivity contribution is 5.65. The van der Waals surface area contributed by atoms with E-state index in [-0.39, 0.29) is 0 Å². The summed E-state index contributed by atoms with van der Waals surface area (Å²) >= 11 is 0. The van der Waals surface area contributed by atoms with Gasteiger partial charge in [-0.05, 0) is 40.5 Å². The van der Waals surface area contributed by atoms with Gasteiger partial charge < -0.3 is 0 Å². The van der Waals surface area contributed by atoms with E-state index in [0.29, 0.717) is 6.42 Å². The first kappa shape index (κ1) is 14.7. The highest BCUT2D eigenvalue weighted by Crippen LogP contribution is 2.21. The van der Waals surface area contributed by atoms with Crippen molar-refractivity contribution in [1.29, 1.82) is 0 Å². The van der Waals surface area contributed by atoms with Crippen LogP contribution in [0.15, 0.2) is 11.1 Å². The SMILES string of the molecule is C#CC(C)(CCC(C)=C(C)C)OOC(C)=O. The number of allylic oxidation sites excluding steroid dienone is 2. The van der Waals surface area contributed by atoms with E-state index < -0.39 is 11.6 Å². The van der Waals surface area contributed by atoms with Gasteiger partial charge in [-0.15, -0.1) is 6.42 Å². The van der Waals surface area contributed by atoms with E-state index in [1.807, 2.05) is 0 Å². The fourth-order valence-electron chi connectivity index (χ4n) is 0.965. The quantitative estimate of drug-likeness (QED) is 0.312. The van der Waals surface area contributed by atoms with E-state index >= 15 is 0 Å². The fraction of sp³-hybridized carbons (Fsp3) is 0.615. The maximum atomic E-state index is 10.6. The van der Waals surface area contributed by atoms with Crippen molar-refractivity contribution in [2.75, 3.05) is 0 Å². The molecule has 0 bridgehead atoms. The molecule has 0 amide bonds. The van der Waals surface area contributed by atoms with Gasteiger partial charge in [-0.1, -0.05) is 17.1 Å². The number of hydrogen-bond donors (Lipinski definition) is 0. The maximum Gasteiger partial charge on any atom is 0.339 e. The minimum absolute atomic E-state index is 0.500. The van der Waals surface area contributed by atoms with Crippen molar-refractivity contribution < 1.29 is 14.6 Å². The van der Waals surface area contributed by atoms with Crippen molar-refractivity contribution in [1.82, 2.24) is 0 Å². The van der Waals surface area contributed by atoms with E-state index in [4.69, 9.17) is 11.3 Å². The third kappa shape index (κ3) is 5.57. The summed E-state index contributed by atoms with van der Waals surface area (Å²) in [6.45, 7) is 9.16. The lowest BCUT2D eigenvalue weighted by atomic mass is 9.96. The zero-order chi connectivity index (χ0) is 12.8. The normalized spacial score (nSPS) is 13.5. The van der Waals surface area contributed by atoms with Crippen LogP contribution in [0.2, 0.25) is 0 Å². The van der Waals surface area contributed by atoms with Gasteiger partial charge in [0.25, 0.3) is 0 Å². The third-order valence-electron chi connectivity index (χ3n) is 2.48. The van der Waals surface area contributed by atoms with Crippen LogP contribution in [0.5, 0.6) is 0 Å². The van der Waals surface area contributed by atoms with Crippen LogP contribution in [0.25, 0.3) is 0 Å². The second-order valence-corrected chi connectivity index (χ2v) is 4.31. The molecule has 0 spiro atoms. The molecule has 0 rings (SSSR count). The van der Waals surface area contributed by atoms with Crippen LogP contribution in [0.3, 0.4) is 0 Å². The lowest BCUT2D eigenvalue weighted by molar-refractivity contribution is -0.313. The topological polar surface area (TPSA) is 35.5 Å². The second-order valence-electron chi connectivity index (χ2n) is 4.31. The first-order valence-electron chi connectivity index (χ1n) is 5.27. The Morgan fingerprint density at radius 3 is 2.25 bits per heavy atom. The monoisotopic (exact) mass is 224 g/mol. The molecule has 0 aromatic heterocycles. The zero-order valence-corrected chi connectivity index (χ0v) is 10.7. The van der Waals surface area contributed by atoms with E-state index in [0.717, 1.165) is 6.42 Å². The Hall–Kier alpha value is -1.27. The van der Waals surface area contributed by atoms with Gasteiger partial charge in [0.15, 0.2) is 5.60 Å². The Morgan fingerprint density at radius 2 is 1.88 bits per heavy atom. The van der Waals surface area contributed by atoms with Crippen molar-refractivity contribution >= 4 is 5.97 Å². The summed E-state index contributed by atoms with van der Waals surface area (Å²) in [6, 6.07) is 0. The van der Waals surface area contributed by atoms with Crippen molar-refractivity contribution in [2.24, 2.45) is 0 Å². The minimum atomic E-state index is -0.859. The van der Waals surface area contributed by atoms with Crippen molar-refractivity contribution in [3.8, 4) is 12.3 Å². The zero-order valence-electron chi connectivity index (χ0n) is 10.7. The Labute approximate surface area is 97.7 Å². The third-order valence-corrected chi connectivity index (χ3v) is 2.48. The molecule has 0 aliphatic heterocycles. The van der Waals surface area contributed by atoms with Crippen molar-refractivity contribution in [3.05, 3.63) is 11.1 Å². The summed E-state index contributed by atoms with van der Waals surface area (Å²) in [6.07, 6.45) is 6.82. The molecule has 0 fully saturated rings. The molecule has 0 aliphatic rings. The summed E-state index contributed by atoms with van der Waals surface area (Å²) in [5.41, 5.74) is 1.68. The van der Waals surface area contributed by atoms with Gasteiger partial charge in [-0.3, -0.25) is 4.89 Å². The molecule has 0 saturated carbocycles. The minimum Gasteiger partial charge on any atom is -0.297 e. The largest absolute Gasteiger partial charge is 0.339 e. The molecule has 0 radical (unpaired) electrons. The molecule has 0 N–H and O–H groups in total. The van der Waals surface area contributed by atoms with Gasteiger partial charge in [-0.2, -0.15) is 4.89 Å². The van der Waals surface area contributed by atoms with E-state index in [2.05, 4.69) is 31.6 Å². The molecule has 16 heavy (non-hydrogen) atoms. The average Bonchev–Trinajstić information content (AvgIpc) is 2.23. The van der Waals surface area contributed by atoms with Crippen molar-refractivity contribution in [2.45, 2.75) is 53.1 Å². The van der Waals surface area contributed by atoms with E-state index in [9.17, 15) is 4.79 Å². The van der Waals surface area contributed by atoms with Gasteiger partial charge in [0.2, 0.25) is 0 Å². The molecular weight excluding hydrogens is 204 g/mol. The number of terminal acetylenes is 1. The predicted octanol–water partition coefficient (Wildman–Crippen LogP) is 3.01. The number of carbonyl (C=O) groups is 1. The first-order chi connectivity index (χ1) is 7.30. The number of rotatable bonds is 5. The molecule has 0 aromatic rings. The van der Waals surface area contributed by atoms with Crippen LogP contribution in [-0.4, -0.2) is 11.6 Å². The Morgan fingerprint density at radius 1 is 1.31 bits per heavy atom. The summed E-state index contributed by atoms with van der Waals surface area (Å²) in [7, 11) is 0. The van der Waals surface area contributed by atoms with Gasteiger partial charge >= 0.3 is 5.97 Å². The fourth-order valence-corrected chi connectivity index (χ4v) is 0.965. The highest BCUT2D eigenvalue weighted by atomic mass is 17.2. The molecule has 1 atom stereocenters. The van der Waals surface area contributed by atoms with Gasteiger partial charge in [0, 0.05) is 6.92 Å². The molecule has 3 nitrogen and oxygen atoms in total. The Balaban J connectivity index is 4.34.